The predicted octanol–water partition coefficient (Wildman–Crippen LogP) is 1.86. The van der Waals surface area contributed by atoms with Gasteiger partial charge in [-0.3, -0.25) is 0 Å². The summed E-state index contributed by atoms with van der Waals surface area (Å²) in [4.78, 5) is 2.63. The summed E-state index contributed by atoms with van der Waals surface area (Å²) in [5.41, 5.74) is 0. The lowest BCUT2D eigenvalue weighted by Gasteiger charge is -2.35. The highest BCUT2D eigenvalue weighted by Crippen LogP contribution is 2.20. The van der Waals surface area contributed by atoms with Gasteiger partial charge in [0.25, 0.3) is 0 Å². The highest BCUT2D eigenvalue weighted by molar-refractivity contribution is 4.84. The number of hydrogen-bond acceptors (Lipinski definition) is 2. The van der Waals surface area contributed by atoms with Crippen LogP contribution in [0.5, 0.6) is 0 Å². The van der Waals surface area contributed by atoms with Gasteiger partial charge < -0.3 is 10.2 Å². The van der Waals surface area contributed by atoms with Gasteiger partial charge in [-0.25, -0.2) is 0 Å². The summed E-state index contributed by atoms with van der Waals surface area (Å²) in [6.07, 6.45) is 5.56. The summed E-state index contributed by atoms with van der Waals surface area (Å²) in [6, 6.07) is 1.48. The fourth-order valence-corrected chi connectivity index (χ4v) is 3.13. The molecule has 0 saturated carbocycles. The van der Waals surface area contributed by atoms with Crippen LogP contribution in [0.15, 0.2) is 0 Å². The predicted molar refractivity (Wildman–Crippen MR) is 60.5 cm³/mol. The molecular formula is C12H24N2. The molecule has 0 bridgehead atoms. The molecule has 2 heterocycles. The van der Waals surface area contributed by atoms with Gasteiger partial charge in [0, 0.05) is 18.6 Å². The van der Waals surface area contributed by atoms with Crippen molar-refractivity contribution >= 4 is 0 Å². The van der Waals surface area contributed by atoms with Crippen LogP contribution in [0.1, 0.15) is 39.5 Å². The molecule has 0 radical (unpaired) electrons. The van der Waals surface area contributed by atoms with Gasteiger partial charge in [-0.1, -0.05) is 6.92 Å². The lowest BCUT2D eigenvalue weighted by atomic mass is 9.90. The molecule has 0 amide bonds. The Morgan fingerprint density at radius 3 is 2.50 bits per heavy atom. The van der Waals surface area contributed by atoms with Crippen LogP contribution in [-0.4, -0.2) is 36.6 Å². The van der Waals surface area contributed by atoms with E-state index in [2.05, 4.69) is 24.1 Å². The fourth-order valence-electron chi connectivity index (χ4n) is 3.13. The van der Waals surface area contributed by atoms with Crippen molar-refractivity contribution in [2.24, 2.45) is 5.92 Å². The van der Waals surface area contributed by atoms with E-state index in [4.69, 9.17) is 0 Å². The number of likely N-dealkylation sites (tertiary alicyclic amines) is 1. The zero-order chi connectivity index (χ0) is 9.97. The molecule has 82 valence electrons. The maximum atomic E-state index is 3.73. The smallest absolute Gasteiger partial charge is 0.0200 e. The Bertz CT molecular complexity index is 165. The summed E-state index contributed by atoms with van der Waals surface area (Å²) in [5.74, 6) is 0.916. The van der Waals surface area contributed by atoms with E-state index < -0.39 is 0 Å². The molecule has 2 aliphatic rings. The number of rotatable bonds is 2. The minimum Gasteiger partial charge on any atom is -0.310 e. The number of nitrogens with one attached hydrogen (secondary N) is 1. The molecule has 0 spiro atoms. The minimum atomic E-state index is 0.728. The van der Waals surface area contributed by atoms with Crippen LogP contribution < -0.4 is 5.32 Å². The van der Waals surface area contributed by atoms with Crippen molar-refractivity contribution < 1.29 is 0 Å². The third-order valence-electron chi connectivity index (χ3n) is 3.64. The van der Waals surface area contributed by atoms with Crippen molar-refractivity contribution in [2.75, 3.05) is 19.6 Å². The molecule has 0 aromatic rings. The molecule has 0 aromatic heterocycles. The van der Waals surface area contributed by atoms with Crippen LogP contribution in [-0.2, 0) is 0 Å². The summed E-state index contributed by atoms with van der Waals surface area (Å²) in [7, 11) is 0. The summed E-state index contributed by atoms with van der Waals surface area (Å²) in [5, 5.41) is 3.73. The number of piperidine rings is 1. The second kappa shape index (κ2) is 4.63. The van der Waals surface area contributed by atoms with Crippen LogP contribution in [0, 0.1) is 5.92 Å². The standard InChI is InChI=1S/C12H24N2/c1-10-7-11(2)13-12(8-10)9-14-5-3-4-6-14/h10-13H,3-9H2,1-2H3. The first-order valence-corrected chi connectivity index (χ1v) is 6.22. The molecule has 2 fully saturated rings. The molecule has 2 nitrogen and oxygen atoms in total. The van der Waals surface area contributed by atoms with Crippen molar-refractivity contribution in [1.82, 2.24) is 10.2 Å². The molecule has 3 unspecified atom stereocenters. The van der Waals surface area contributed by atoms with Gasteiger partial charge in [0.15, 0.2) is 0 Å². The molecule has 2 rings (SSSR count). The monoisotopic (exact) mass is 196 g/mol. The van der Waals surface area contributed by atoms with Gasteiger partial charge in [-0.2, -0.15) is 0 Å². The van der Waals surface area contributed by atoms with Crippen LogP contribution >= 0.6 is 0 Å². The Kier molecular flexibility index (Phi) is 3.45. The lowest BCUT2D eigenvalue weighted by molar-refractivity contribution is 0.207. The first kappa shape index (κ1) is 10.4. The van der Waals surface area contributed by atoms with Crippen LogP contribution in [0.3, 0.4) is 0 Å². The molecule has 0 aromatic carbocycles. The average Bonchev–Trinajstić information content (AvgIpc) is 2.54. The topological polar surface area (TPSA) is 15.3 Å². The molecule has 2 saturated heterocycles. The third kappa shape index (κ3) is 2.71. The summed E-state index contributed by atoms with van der Waals surface area (Å²) < 4.78 is 0. The van der Waals surface area contributed by atoms with E-state index in [1.807, 2.05) is 0 Å². The number of nitrogens with zero attached hydrogens (tertiary/aromatic N) is 1. The average molecular weight is 196 g/mol. The van der Waals surface area contributed by atoms with Crippen molar-refractivity contribution in [1.29, 1.82) is 0 Å². The van der Waals surface area contributed by atoms with Crippen molar-refractivity contribution in [3.05, 3.63) is 0 Å². The second-order valence-corrected chi connectivity index (χ2v) is 5.35. The van der Waals surface area contributed by atoms with E-state index in [-0.39, 0.29) is 0 Å². The van der Waals surface area contributed by atoms with E-state index in [9.17, 15) is 0 Å². The Balaban J connectivity index is 1.78. The van der Waals surface area contributed by atoms with Gasteiger partial charge in [0.2, 0.25) is 0 Å². The molecule has 2 aliphatic heterocycles. The molecule has 14 heavy (non-hydrogen) atoms. The zero-order valence-corrected chi connectivity index (χ0v) is 9.63. The molecule has 0 aliphatic carbocycles. The highest BCUT2D eigenvalue weighted by Gasteiger charge is 2.25. The van der Waals surface area contributed by atoms with Crippen LogP contribution in [0.2, 0.25) is 0 Å². The maximum Gasteiger partial charge on any atom is 0.0200 e. The van der Waals surface area contributed by atoms with Crippen LogP contribution in [0.25, 0.3) is 0 Å². The Hall–Kier alpha value is -0.0800. The van der Waals surface area contributed by atoms with Gasteiger partial charge in [0.05, 0.1) is 0 Å². The van der Waals surface area contributed by atoms with Crippen LogP contribution in [0.4, 0.5) is 0 Å². The van der Waals surface area contributed by atoms with Gasteiger partial charge >= 0.3 is 0 Å². The first-order chi connectivity index (χ1) is 6.74. The van der Waals surface area contributed by atoms with Gasteiger partial charge in [0.1, 0.15) is 0 Å². The Morgan fingerprint density at radius 1 is 1.14 bits per heavy atom. The SMILES string of the molecule is CC1CC(C)NC(CN2CCCC2)C1. The molecule has 2 heteroatoms. The highest BCUT2D eigenvalue weighted by atomic mass is 15.2. The fraction of sp³-hybridized carbons (Fsp3) is 1.00. The van der Waals surface area contributed by atoms with E-state index in [1.165, 1.54) is 45.3 Å². The Labute approximate surface area is 88.1 Å². The molecule has 1 N–H and O–H groups in total. The first-order valence-electron chi connectivity index (χ1n) is 6.22. The minimum absolute atomic E-state index is 0.728. The van der Waals surface area contributed by atoms with E-state index in [1.54, 1.807) is 0 Å². The maximum absolute atomic E-state index is 3.73. The molecule has 3 atom stereocenters. The summed E-state index contributed by atoms with van der Waals surface area (Å²) in [6.45, 7) is 8.68. The second-order valence-electron chi connectivity index (χ2n) is 5.35. The van der Waals surface area contributed by atoms with E-state index in [0.29, 0.717) is 0 Å². The normalized spacial score (nSPS) is 40.3. The van der Waals surface area contributed by atoms with Crippen molar-refractivity contribution in [2.45, 2.75) is 51.6 Å². The third-order valence-corrected chi connectivity index (χ3v) is 3.64. The van der Waals surface area contributed by atoms with Crippen molar-refractivity contribution in [3.8, 4) is 0 Å². The lowest BCUT2D eigenvalue weighted by Crippen LogP contribution is -2.48. The zero-order valence-electron chi connectivity index (χ0n) is 9.63. The van der Waals surface area contributed by atoms with E-state index >= 15 is 0 Å². The quantitative estimate of drug-likeness (QED) is 0.725. The molecular weight excluding hydrogens is 172 g/mol. The largest absolute Gasteiger partial charge is 0.310 e. The summed E-state index contributed by atoms with van der Waals surface area (Å²) >= 11 is 0. The van der Waals surface area contributed by atoms with Gasteiger partial charge in [-0.05, 0) is 51.6 Å². The Morgan fingerprint density at radius 2 is 1.86 bits per heavy atom. The van der Waals surface area contributed by atoms with Gasteiger partial charge in [-0.15, -0.1) is 0 Å². The number of hydrogen-bond donors (Lipinski definition) is 1. The van der Waals surface area contributed by atoms with Crippen molar-refractivity contribution in [3.63, 3.8) is 0 Å². The van der Waals surface area contributed by atoms with E-state index in [0.717, 1.165) is 18.0 Å².